The van der Waals surface area contributed by atoms with Crippen molar-refractivity contribution < 1.29 is 34.2 Å². The van der Waals surface area contributed by atoms with Crippen LogP contribution in [0.3, 0.4) is 0 Å². The molecule has 0 aromatic heterocycles. The number of carbonyl (C=O) groups excluding carboxylic acids is 4. The number of carboxylic acids is 1. The molecule has 14 heteroatoms. The molecule has 9 N–H and O–H groups in total. The lowest BCUT2D eigenvalue weighted by molar-refractivity contribution is -0.141. The number of hydrogen-bond acceptors (Lipinski definition) is 9. The first-order chi connectivity index (χ1) is 15.5. The lowest BCUT2D eigenvalue weighted by atomic mass is 10.0. The van der Waals surface area contributed by atoms with Crippen LogP contribution in [0.5, 0.6) is 5.75 Å². The maximum absolute atomic E-state index is 12.7. The number of nitrogens with two attached hydrogens (primary N) is 2. The van der Waals surface area contributed by atoms with Crippen LogP contribution in [0.25, 0.3) is 0 Å². The first kappa shape index (κ1) is 28.1. The van der Waals surface area contributed by atoms with Crippen molar-refractivity contribution in [2.24, 2.45) is 11.5 Å². The molecule has 4 amide bonds. The van der Waals surface area contributed by atoms with Gasteiger partial charge in [-0.1, -0.05) is 12.1 Å². The molecule has 12 nitrogen and oxygen atoms in total. The molecule has 33 heavy (non-hydrogen) atoms. The van der Waals surface area contributed by atoms with Crippen molar-refractivity contribution in [1.82, 2.24) is 16.0 Å². The number of thiol groups is 2. The minimum Gasteiger partial charge on any atom is -0.508 e. The van der Waals surface area contributed by atoms with Gasteiger partial charge in [-0.2, -0.15) is 25.3 Å². The topological polar surface area (TPSA) is 214 Å². The molecule has 0 fully saturated rings. The van der Waals surface area contributed by atoms with Gasteiger partial charge in [0.05, 0.1) is 12.5 Å². The van der Waals surface area contributed by atoms with Crippen molar-refractivity contribution in [2.45, 2.75) is 37.0 Å². The van der Waals surface area contributed by atoms with E-state index < -0.39 is 60.2 Å². The van der Waals surface area contributed by atoms with Crippen LogP contribution in [0.4, 0.5) is 0 Å². The number of carbonyl (C=O) groups is 5. The van der Waals surface area contributed by atoms with E-state index in [-0.39, 0.29) is 23.7 Å². The van der Waals surface area contributed by atoms with Gasteiger partial charge in [-0.3, -0.25) is 19.2 Å². The molecule has 1 aromatic rings. The van der Waals surface area contributed by atoms with Gasteiger partial charge >= 0.3 is 5.97 Å². The zero-order valence-corrected chi connectivity index (χ0v) is 19.2. The van der Waals surface area contributed by atoms with Crippen LogP contribution < -0.4 is 27.4 Å². The molecule has 0 heterocycles. The molecule has 182 valence electrons. The molecule has 0 aliphatic heterocycles. The van der Waals surface area contributed by atoms with Crippen molar-refractivity contribution >= 4 is 54.9 Å². The van der Waals surface area contributed by atoms with E-state index in [2.05, 4.69) is 41.2 Å². The molecule has 0 aliphatic carbocycles. The zero-order valence-electron chi connectivity index (χ0n) is 17.4. The predicted molar refractivity (Wildman–Crippen MR) is 125 cm³/mol. The number of aliphatic carboxylic acids is 1. The summed E-state index contributed by atoms with van der Waals surface area (Å²) in [6.45, 7) is 0. The normalized spacial score (nSPS) is 14.3. The van der Waals surface area contributed by atoms with E-state index >= 15 is 0 Å². The number of hydrogen-bond donors (Lipinski definition) is 9. The van der Waals surface area contributed by atoms with E-state index in [9.17, 15) is 29.1 Å². The number of aromatic hydroxyl groups is 1. The molecule has 0 spiro atoms. The van der Waals surface area contributed by atoms with E-state index in [1.807, 2.05) is 0 Å². The smallest absolute Gasteiger partial charge is 0.327 e. The lowest BCUT2D eigenvalue weighted by Gasteiger charge is -2.24. The summed E-state index contributed by atoms with van der Waals surface area (Å²) in [7, 11) is 0. The van der Waals surface area contributed by atoms with Gasteiger partial charge in [0.15, 0.2) is 0 Å². The van der Waals surface area contributed by atoms with Gasteiger partial charge < -0.3 is 37.6 Å². The number of rotatable bonds is 13. The predicted octanol–water partition coefficient (Wildman–Crippen LogP) is -2.46. The number of nitrogens with one attached hydrogen (secondary N) is 3. The van der Waals surface area contributed by atoms with Gasteiger partial charge in [0.25, 0.3) is 0 Å². The largest absolute Gasteiger partial charge is 0.508 e. The number of amides is 4. The highest BCUT2D eigenvalue weighted by molar-refractivity contribution is 7.80. The first-order valence-corrected chi connectivity index (χ1v) is 10.9. The number of carboxylic acid groups (broad SMARTS) is 1. The summed E-state index contributed by atoms with van der Waals surface area (Å²) < 4.78 is 0. The quantitative estimate of drug-likeness (QED) is 0.132. The highest BCUT2D eigenvalue weighted by Crippen LogP contribution is 2.12. The molecule has 0 bridgehead atoms. The number of phenolic OH excluding ortho intramolecular Hbond substituents is 1. The van der Waals surface area contributed by atoms with E-state index in [0.717, 1.165) is 0 Å². The summed E-state index contributed by atoms with van der Waals surface area (Å²) in [4.78, 5) is 59.8. The molecule has 1 rings (SSSR count). The Bertz CT molecular complexity index is 869. The van der Waals surface area contributed by atoms with E-state index in [0.29, 0.717) is 5.56 Å². The molecule has 4 atom stereocenters. The van der Waals surface area contributed by atoms with Crippen molar-refractivity contribution in [3.8, 4) is 5.75 Å². The van der Waals surface area contributed by atoms with Crippen LogP contribution in [0.15, 0.2) is 24.3 Å². The third kappa shape index (κ3) is 9.59. The van der Waals surface area contributed by atoms with Crippen LogP contribution in [-0.4, -0.2) is 75.5 Å². The fourth-order valence-corrected chi connectivity index (χ4v) is 3.09. The Morgan fingerprint density at radius 2 is 1.33 bits per heavy atom. The number of primary amides is 1. The molecule has 0 aliphatic rings. The van der Waals surface area contributed by atoms with Gasteiger partial charge in [0, 0.05) is 17.9 Å². The van der Waals surface area contributed by atoms with Gasteiger partial charge in [-0.05, 0) is 17.7 Å². The Morgan fingerprint density at radius 1 is 0.848 bits per heavy atom. The SMILES string of the molecule is NC(=O)CC(N)C(=O)NC(CS)C(=O)NC(Cc1ccc(O)cc1)C(=O)NC(CS)C(=O)O. The fourth-order valence-electron chi connectivity index (χ4n) is 2.59. The maximum Gasteiger partial charge on any atom is 0.327 e. The highest BCUT2D eigenvalue weighted by atomic mass is 32.1. The molecule has 4 unspecified atom stereocenters. The Balaban J connectivity index is 3.00. The van der Waals surface area contributed by atoms with Gasteiger partial charge in [-0.25, -0.2) is 4.79 Å². The van der Waals surface area contributed by atoms with E-state index in [4.69, 9.17) is 16.6 Å². The summed E-state index contributed by atoms with van der Waals surface area (Å²) >= 11 is 7.92. The zero-order chi connectivity index (χ0) is 25.1. The third-order valence-electron chi connectivity index (χ3n) is 4.38. The van der Waals surface area contributed by atoms with Gasteiger partial charge in [0.2, 0.25) is 23.6 Å². The average Bonchev–Trinajstić information content (AvgIpc) is 2.75. The minimum absolute atomic E-state index is 0.00467. The van der Waals surface area contributed by atoms with E-state index in [1.165, 1.54) is 24.3 Å². The first-order valence-electron chi connectivity index (χ1n) is 9.65. The van der Waals surface area contributed by atoms with Crippen molar-refractivity contribution in [3.63, 3.8) is 0 Å². The second-order valence-corrected chi connectivity index (χ2v) is 7.76. The van der Waals surface area contributed by atoms with Crippen LogP contribution in [0, 0.1) is 0 Å². The molecular weight excluding hydrogens is 474 g/mol. The fraction of sp³-hybridized carbons (Fsp3) is 0.421. The summed E-state index contributed by atoms with van der Waals surface area (Å²) in [6.07, 6.45) is -0.482. The number of benzene rings is 1. The van der Waals surface area contributed by atoms with Crippen LogP contribution in [0.1, 0.15) is 12.0 Å². The molecular formula is C19H27N5O7S2. The minimum atomic E-state index is -1.31. The van der Waals surface area contributed by atoms with Gasteiger partial charge in [-0.15, -0.1) is 0 Å². The monoisotopic (exact) mass is 501 g/mol. The Kier molecular flexibility index (Phi) is 11.5. The summed E-state index contributed by atoms with van der Waals surface area (Å²) in [5, 5.41) is 25.7. The van der Waals surface area contributed by atoms with E-state index in [1.54, 1.807) is 0 Å². The third-order valence-corrected chi connectivity index (χ3v) is 5.11. The summed E-state index contributed by atoms with van der Waals surface area (Å²) in [6, 6.07) is 0.795. The number of phenols is 1. The average molecular weight is 502 g/mol. The molecule has 0 saturated carbocycles. The Labute approximate surface area is 200 Å². The summed E-state index contributed by atoms with van der Waals surface area (Å²) in [5.41, 5.74) is 11.1. The van der Waals surface area contributed by atoms with Gasteiger partial charge in [0.1, 0.15) is 23.9 Å². The summed E-state index contributed by atoms with van der Waals surface area (Å²) in [5.74, 6) is -4.87. The standard InChI is InChI=1S/C19H27N5O7S2/c20-11(6-15(21)26)16(27)23-13(7-32)18(29)22-12(5-9-1-3-10(25)4-2-9)17(28)24-14(8-33)19(30)31/h1-4,11-14,25,32-33H,5-8,20H2,(H2,21,26)(H,22,29)(H,23,27)(H,24,28)(H,30,31). The molecule has 0 saturated heterocycles. The molecule has 0 radical (unpaired) electrons. The Hall–Kier alpha value is -2.97. The van der Waals surface area contributed by atoms with Crippen molar-refractivity contribution in [2.75, 3.05) is 11.5 Å². The second-order valence-electron chi connectivity index (χ2n) is 7.03. The molecule has 1 aromatic carbocycles. The van der Waals surface area contributed by atoms with Crippen molar-refractivity contribution in [3.05, 3.63) is 29.8 Å². The van der Waals surface area contributed by atoms with Crippen LogP contribution >= 0.6 is 25.3 Å². The van der Waals surface area contributed by atoms with Crippen molar-refractivity contribution in [1.29, 1.82) is 0 Å². The highest BCUT2D eigenvalue weighted by Gasteiger charge is 2.30. The van der Waals surface area contributed by atoms with Crippen LogP contribution in [0.2, 0.25) is 0 Å². The van der Waals surface area contributed by atoms with Crippen LogP contribution in [-0.2, 0) is 30.4 Å². The Morgan fingerprint density at radius 3 is 1.82 bits per heavy atom. The second kappa shape index (κ2) is 13.5. The maximum atomic E-state index is 12.7. The lowest BCUT2D eigenvalue weighted by Crippen LogP contribution is -2.58.